The summed E-state index contributed by atoms with van der Waals surface area (Å²) in [7, 11) is 6.70. The zero-order valence-electron chi connectivity index (χ0n) is 12.0. The van der Waals surface area contributed by atoms with E-state index in [4.69, 9.17) is 25.7 Å². The molecule has 0 amide bonds. The SMILES string of the molecule is COc1cc(N(C)CC(N)CN)cc(OC)c1OC. The zero-order valence-corrected chi connectivity index (χ0v) is 12.0. The second-order valence-corrected chi connectivity index (χ2v) is 4.26. The smallest absolute Gasteiger partial charge is 0.203 e. The van der Waals surface area contributed by atoms with Crippen molar-refractivity contribution in [3.05, 3.63) is 12.1 Å². The van der Waals surface area contributed by atoms with Gasteiger partial charge in [0.25, 0.3) is 0 Å². The molecule has 108 valence electrons. The molecule has 1 aromatic rings. The van der Waals surface area contributed by atoms with E-state index in [0.717, 1.165) is 5.69 Å². The van der Waals surface area contributed by atoms with Gasteiger partial charge in [-0.15, -0.1) is 0 Å². The minimum Gasteiger partial charge on any atom is -0.493 e. The Morgan fingerprint density at radius 2 is 1.63 bits per heavy atom. The molecule has 0 aliphatic rings. The first-order valence-electron chi connectivity index (χ1n) is 6.04. The van der Waals surface area contributed by atoms with Crippen LogP contribution in [0.1, 0.15) is 0 Å². The van der Waals surface area contributed by atoms with Crippen molar-refractivity contribution in [2.45, 2.75) is 6.04 Å². The molecule has 0 aliphatic heterocycles. The van der Waals surface area contributed by atoms with Gasteiger partial charge in [0.1, 0.15) is 0 Å². The van der Waals surface area contributed by atoms with Crippen molar-refractivity contribution >= 4 is 5.69 Å². The van der Waals surface area contributed by atoms with Gasteiger partial charge in [0.05, 0.1) is 21.3 Å². The molecule has 0 heterocycles. The summed E-state index contributed by atoms with van der Waals surface area (Å²) in [5.41, 5.74) is 12.3. The Hall–Kier alpha value is -1.66. The molecule has 0 bridgehead atoms. The Morgan fingerprint density at radius 1 is 1.11 bits per heavy atom. The lowest BCUT2D eigenvalue weighted by atomic mass is 10.2. The Kier molecular flexibility index (Phi) is 5.72. The first-order chi connectivity index (χ1) is 9.07. The van der Waals surface area contributed by atoms with E-state index in [1.54, 1.807) is 21.3 Å². The normalized spacial score (nSPS) is 11.9. The molecule has 0 saturated heterocycles. The molecule has 0 spiro atoms. The number of methoxy groups -OCH3 is 3. The molecule has 0 aromatic heterocycles. The summed E-state index contributed by atoms with van der Waals surface area (Å²) in [5, 5.41) is 0. The first-order valence-corrected chi connectivity index (χ1v) is 6.04. The van der Waals surface area contributed by atoms with Gasteiger partial charge >= 0.3 is 0 Å². The maximum atomic E-state index is 5.85. The Bertz CT molecular complexity index is 387. The fourth-order valence-corrected chi connectivity index (χ4v) is 1.82. The molecule has 4 N–H and O–H groups in total. The van der Waals surface area contributed by atoms with E-state index in [1.807, 2.05) is 24.1 Å². The zero-order chi connectivity index (χ0) is 14.4. The summed E-state index contributed by atoms with van der Waals surface area (Å²) in [6.45, 7) is 1.09. The third-order valence-corrected chi connectivity index (χ3v) is 2.90. The topological polar surface area (TPSA) is 83.0 Å². The number of nitrogens with two attached hydrogens (primary N) is 2. The third kappa shape index (κ3) is 3.65. The molecule has 0 radical (unpaired) electrons. The van der Waals surface area contributed by atoms with Crippen LogP contribution in [0.15, 0.2) is 12.1 Å². The quantitative estimate of drug-likeness (QED) is 0.747. The molecule has 1 aromatic carbocycles. The maximum absolute atomic E-state index is 5.85. The molecule has 6 heteroatoms. The Morgan fingerprint density at radius 3 is 2.00 bits per heavy atom. The highest BCUT2D eigenvalue weighted by Crippen LogP contribution is 2.40. The molecular formula is C13H23N3O3. The van der Waals surface area contributed by atoms with Gasteiger partial charge in [-0.3, -0.25) is 0 Å². The van der Waals surface area contributed by atoms with E-state index < -0.39 is 0 Å². The molecule has 1 unspecified atom stereocenters. The highest BCUT2D eigenvalue weighted by molar-refractivity contribution is 5.63. The van der Waals surface area contributed by atoms with E-state index in [1.165, 1.54) is 0 Å². The van der Waals surface area contributed by atoms with Crippen LogP contribution in [0.4, 0.5) is 5.69 Å². The van der Waals surface area contributed by atoms with E-state index in [9.17, 15) is 0 Å². The second kappa shape index (κ2) is 7.06. The maximum Gasteiger partial charge on any atom is 0.203 e. The van der Waals surface area contributed by atoms with E-state index in [2.05, 4.69) is 0 Å². The van der Waals surface area contributed by atoms with Gasteiger partial charge in [-0.25, -0.2) is 0 Å². The van der Waals surface area contributed by atoms with Crippen LogP contribution in [0.25, 0.3) is 0 Å². The second-order valence-electron chi connectivity index (χ2n) is 4.26. The van der Waals surface area contributed by atoms with Crippen molar-refractivity contribution in [3.8, 4) is 17.2 Å². The molecule has 1 atom stereocenters. The minimum absolute atomic E-state index is 0.0795. The predicted molar refractivity (Wildman–Crippen MR) is 76.4 cm³/mol. The lowest BCUT2D eigenvalue weighted by Gasteiger charge is -2.24. The van der Waals surface area contributed by atoms with Crippen LogP contribution in [0.3, 0.4) is 0 Å². The number of hydrogen-bond acceptors (Lipinski definition) is 6. The van der Waals surface area contributed by atoms with Crippen molar-refractivity contribution in [2.75, 3.05) is 46.4 Å². The van der Waals surface area contributed by atoms with Crippen molar-refractivity contribution in [3.63, 3.8) is 0 Å². The third-order valence-electron chi connectivity index (χ3n) is 2.90. The first kappa shape index (κ1) is 15.4. The fraction of sp³-hybridized carbons (Fsp3) is 0.538. The van der Waals surface area contributed by atoms with Crippen LogP contribution >= 0.6 is 0 Å². The average Bonchev–Trinajstić information content (AvgIpc) is 2.44. The lowest BCUT2D eigenvalue weighted by Crippen LogP contribution is -2.40. The van der Waals surface area contributed by atoms with Crippen LogP contribution in [0.5, 0.6) is 17.2 Å². The van der Waals surface area contributed by atoms with Crippen molar-refractivity contribution in [1.29, 1.82) is 0 Å². The largest absolute Gasteiger partial charge is 0.493 e. The molecule has 19 heavy (non-hydrogen) atoms. The monoisotopic (exact) mass is 269 g/mol. The van der Waals surface area contributed by atoms with Gasteiger partial charge in [0.2, 0.25) is 5.75 Å². The molecule has 0 aliphatic carbocycles. The van der Waals surface area contributed by atoms with Crippen LogP contribution in [-0.2, 0) is 0 Å². The lowest BCUT2D eigenvalue weighted by molar-refractivity contribution is 0.324. The van der Waals surface area contributed by atoms with Crippen molar-refractivity contribution in [2.24, 2.45) is 11.5 Å². The highest BCUT2D eigenvalue weighted by Gasteiger charge is 2.15. The van der Waals surface area contributed by atoms with Gasteiger partial charge in [-0.1, -0.05) is 0 Å². The standard InChI is InChI=1S/C13H23N3O3/c1-16(8-9(15)7-14)10-5-11(17-2)13(19-4)12(6-10)18-3/h5-6,9H,7-8,14-15H2,1-4H3. The fourth-order valence-electron chi connectivity index (χ4n) is 1.82. The summed E-state index contributed by atoms with van der Waals surface area (Å²) in [6, 6.07) is 3.68. The summed E-state index contributed by atoms with van der Waals surface area (Å²) in [5.74, 6) is 1.81. The number of anilines is 1. The summed E-state index contributed by atoms with van der Waals surface area (Å²) in [4.78, 5) is 2.00. The van der Waals surface area contributed by atoms with Gasteiger partial charge in [-0.2, -0.15) is 0 Å². The number of ether oxygens (including phenoxy) is 3. The van der Waals surface area contributed by atoms with Crippen LogP contribution in [0.2, 0.25) is 0 Å². The Balaban J connectivity index is 3.08. The molecule has 0 saturated carbocycles. The number of benzene rings is 1. The van der Waals surface area contributed by atoms with Crippen LogP contribution in [-0.4, -0.2) is 47.5 Å². The van der Waals surface area contributed by atoms with Gasteiger partial charge in [0, 0.05) is 44.0 Å². The number of hydrogen-bond donors (Lipinski definition) is 2. The van der Waals surface area contributed by atoms with Crippen molar-refractivity contribution in [1.82, 2.24) is 0 Å². The molecule has 1 rings (SSSR count). The summed E-state index contributed by atoms with van der Waals surface area (Å²) >= 11 is 0. The van der Waals surface area contributed by atoms with Crippen molar-refractivity contribution < 1.29 is 14.2 Å². The number of rotatable bonds is 7. The van der Waals surface area contributed by atoms with Gasteiger partial charge in [0.15, 0.2) is 11.5 Å². The van der Waals surface area contributed by atoms with Crippen LogP contribution < -0.4 is 30.6 Å². The van der Waals surface area contributed by atoms with E-state index in [0.29, 0.717) is 30.3 Å². The molecular weight excluding hydrogens is 246 g/mol. The summed E-state index contributed by atoms with van der Waals surface area (Å²) in [6.07, 6.45) is 0. The van der Waals surface area contributed by atoms with E-state index >= 15 is 0 Å². The summed E-state index contributed by atoms with van der Waals surface area (Å²) < 4.78 is 15.9. The predicted octanol–water partition coefficient (Wildman–Crippen LogP) is 0.435. The molecule has 6 nitrogen and oxygen atoms in total. The van der Waals surface area contributed by atoms with E-state index in [-0.39, 0.29) is 6.04 Å². The minimum atomic E-state index is -0.0795. The van der Waals surface area contributed by atoms with Gasteiger partial charge < -0.3 is 30.6 Å². The Labute approximate surface area is 114 Å². The number of nitrogens with zero attached hydrogens (tertiary/aromatic N) is 1. The highest BCUT2D eigenvalue weighted by atomic mass is 16.5. The molecule has 0 fully saturated rings. The average molecular weight is 269 g/mol. The number of likely N-dealkylation sites (N-methyl/N-ethyl adjacent to an activating group) is 1. The van der Waals surface area contributed by atoms with Gasteiger partial charge in [-0.05, 0) is 0 Å². The van der Waals surface area contributed by atoms with Crippen LogP contribution in [0, 0.1) is 0 Å².